The van der Waals surface area contributed by atoms with Gasteiger partial charge in [0.25, 0.3) is 0 Å². The third-order valence-electron chi connectivity index (χ3n) is 5.38. The molecule has 0 aromatic heterocycles. The lowest BCUT2D eigenvalue weighted by atomic mass is 10.1. The summed E-state index contributed by atoms with van der Waals surface area (Å²) in [5, 5.41) is 0. The van der Waals surface area contributed by atoms with Crippen molar-refractivity contribution in [1.29, 1.82) is 0 Å². The molecule has 0 saturated carbocycles. The molecule has 3 rings (SSSR count). The van der Waals surface area contributed by atoms with Crippen LogP contribution in [0.25, 0.3) is 11.4 Å². The molecule has 5 nitrogen and oxygen atoms in total. The molecule has 0 N–H and O–H groups in total. The minimum Gasteiger partial charge on any atom is -0.348 e. The Morgan fingerprint density at radius 1 is 0.897 bits per heavy atom. The number of nitrogens with zero attached hydrogens (tertiary/aromatic N) is 4. The fourth-order valence-electron chi connectivity index (χ4n) is 3.64. The summed E-state index contributed by atoms with van der Waals surface area (Å²) in [6.07, 6.45) is 16.8. The number of carbonyl (C=O) groups is 1. The summed E-state index contributed by atoms with van der Waals surface area (Å²) in [6.45, 7) is 3.80. The molecule has 0 atom stereocenters. The highest BCUT2D eigenvalue weighted by molar-refractivity contribution is 5.74. The fourth-order valence-corrected chi connectivity index (χ4v) is 3.64. The van der Waals surface area contributed by atoms with Gasteiger partial charge in [-0.15, -0.1) is 0 Å². The number of imidazole rings is 1. The van der Waals surface area contributed by atoms with Crippen LogP contribution in [-0.4, -0.2) is 27.5 Å². The number of carbonyl (C=O) groups excluding carboxylic acids is 1. The Morgan fingerprint density at radius 3 is 2.31 bits per heavy atom. The van der Waals surface area contributed by atoms with E-state index in [2.05, 4.69) is 33.6 Å². The first-order valence-corrected chi connectivity index (χ1v) is 10.9. The maximum atomic E-state index is 11.5. The SMILES string of the molecule is CCCCCCCCCCN(C=O)c1ccc(Cn2ccc3ncnc-3c2)cc1. The van der Waals surface area contributed by atoms with Crippen molar-refractivity contribution in [2.75, 3.05) is 11.4 Å². The molecule has 1 aromatic rings. The number of aromatic nitrogens is 3. The molecule has 29 heavy (non-hydrogen) atoms. The molecule has 2 aliphatic heterocycles. The van der Waals surface area contributed by atoms with E-state index in [1.165, 1.54) is 50.5 Å². The summed E-state index contributed by atoms with van der Waals surface area (Å²) >= 11 is 0. The van der Waals surface area contributed by atoms with Gasteiger partial charge in [-0.05, 0) is 30.2 Å². The Morgan fingerprint density at radius 2 is 1.59 bits per heavy atom. The van der Waals surface area contributed by atoms with Gasteiger partial charge in [-0.1, -0.05) is 64.0 Å². The lowest BCUT2D eigenvalue weighted by molar-refractivity contribution is -0.107. The monoisotopic (exact) mass is 392 g/mol. The average Bonchev–Trinajstić information content (AvgIpc) is 3.21. The predicted octanol–water partition coefficient (Wildman–Crippen LogP) is 5.53. The van der Waals surface area contributed by atoms with E-state index < -0.39 is 0 Å². The highest BCUT2D eigenvalue weighted by atomic mass is 16.1. The van der Waals surface area contributed by atoms with Crippen LogP contribution >= 0.6 is 0 Å². The molecule has 5 heteroatoms. The first kappa shape index (κ1) is 21.0. The van der Waals surface area contributed by atoms with Crippen LogP contribution in [0.4, 0.5) is 5.69 Å². The number of amides is 1. The van der Waals surface area contributed by atoms with Crippen molar-refractivity contribution in [2.45, 2.75) is 64.8 Å². The molecule has 0 saturated heterocycles. The van der Waals surface area contributed by atoms with Crippen LogP contribution in [0.15, 0.2) is 49.1 Å². The molecule has 0 fully saturated rings. The number of rotatable bonds is 13. The van der Waals surface area contributed by atoms with Gasteiger partial charge < -0.3 is 9.47 Å². The molecule has 0 radical (unpaired) electrons. The highest BCUT2D eigenvalue weighted by Gasteiger charge is 2.07. The molecule has 2 aliphatic rings. The van der Waals surface area contributed by atoms with Crippen LogP contribution in [0.1, 0.15) is 63.9 Å². The van der Waals surface area contributed by atoms with E-state index in [0.29, 0.717) is 0 Å². The number of hydrogen-bond donors (Lipinski definition) is 0. The second-order valence-electron chi connectivity index (χ2n) is 7.70. The number of hydrogen-bond acceptors (Lipinski definition) is 3. The van der Waals surface area contributed by atoms with E-state index in [0.717, 1.165) is 43.0 Å². The minimum atomic E-state index is 0.766. The average molecular weight is 393 g/mol. The first-order valence-electron chi connectivity index (χ1n) is 10.9. The Balaban J connectivity index is 1.45. The van der Waals surface area contributed by atoms with Gasteiger partial charge in [-0.25, -0.2) is 9.97 Å². The summed E-state index contributed by atoms with van der Waals surface area (Å²) in [6, 6.07) is 10.2. The standard InChI is InChI=1S/C24H32N4O/c1-2-3-4-5-6-7-8-9-15-28(20-29)22-12-10-21(11-13-22)17-27-16-14-23-24(18-27)26-19-25-23/h10-14,16,18-20H,2-9,15,17H2,1H3. The van der Waals surface area contributed by atoms with Crippen LogP contribution in [0.3, 0.4) is 0 Å². The quantitative estimate of drug-likeness (QED) is 0.284. The largest absolute Gasteiger partial charge is 0.348 e. The van der Waals surface area contributed by atoms with Crippen LogP contribution in [0.2, 0.25) is 0 Å². The first-order chi connectivity index (χ1) is 14.3. The van der Waals surface area contributed by atoms with Crippen LogP contribution < -0.4 is 4.90 Å². The Kier molecular flexibility index (Phi) is 8.23. The number of benzene rings is 1. The zero-order chi connectivity index (χ0) is 20.3. The number of anilines is 1. The summed E-state index contributed by atoms with van der Waals surface area (Å²) in [7, 11) is 0. The van der Waals surface area contributed by atoms with Gasteiger partial charge in [0.15, 0.2) is 0 Å². The predicted molar refractivity (Wildman–Crippen MR) is 118 cm³/mol. The van der Waals surface area contributed by atoms with Crippen molar-refractivity contribution in [2.24, 2.45) is 0 Å². The van der Waals surface area contributed by atoms with E-state index in [1.807, 2.05) is 35.5 Å². The van der Waals surface area contributed by atoms with E-state index in [-0.39, 0.29) is 0 Å². The zero-order valence-corrected chi connectivity index (χ0v) is 17.5. The van der Waals surface area contributed by atoms with Crippen molar-refractivity contribution in [3.8, 4) is 11.4 Å². The lowest BCUT2D eigenvalue weighted by Crippen LogP contribution is -2.22. The summed E-state index contributed by atoms with van der Waals surface area (Å²) < 4.78 is 2.10. The maximum absolute atomic E-state index is 11.5. The second-order valence-corrected chi connectivity index (χ2v) is 7.70. The molecule has 2 heterocycles. The normalized spacial score (nSPS) is 11.1. The fraction of sp³-hybridized carbons (Fsp3) is 0.458. The van der Waals surface area contributed by atoms with E-state index >= 15 is 0 Å². The lowest BCUT2D eigenvalue weighted by Gasteiger charge is -2.18. The smallest absolute Gasteiger partial charge is 0.214 e. The Labute approximate surface area is 174 Å². The van der Waals surface area contributed by atoms with Gasteiger partial charge in [0.2, 0.25) is 6.41 Å². The molecular weight excluding hydrogens is 360 g/mol. The van der Waals surface area contributed by atoms with Gasteiger partial charge in [0.1, 0.15) is 12.0 Å². The topological polar surface area (TPSA) is 51.0 Å². The highest BCUT2D eigenvalue weighted by Crippen LogP contribution is 2.19. The van der Waals surface area contributed by atoms with Gasteiger partial charge in [-0.3, -0.25) is 4.79 Å². The third-order valence-corrected chi connectivity index (χ3v) is 5.38. The van der Waals surface area contributed by atoms with Crippen molar-refractivity contribution >= 4 is 12.1 Å². The van der Waals surface area contributed by atoms with E-state index in [4.69, 9.17) is 0 Å². The van der Waals surface area contributed by atoms with Crippen molar-refractivity contribution in [3.05, 3.63) is 54.6 Å². The Hall–Kier alpha value is -2.69. The molecule has 1 aromatic carbocycles. The molecular formula is C24H32N4O. The molecule has 0 aliphatic carbocycles. The summed E-state index contributed by atoms with van der Waals surface area (Å²) in [5.41, 5.74) is 3.98. The van der Waals surface area contributed by atoms with Crippen molar-refractivity contribution in [3.63, 3.8) is 0 Å². The van der Waals surface area contributed by atoms with Crippen molar-refractivity contribution in [1.82, 2.24) is 14.5 Å². The molecule has 0 spiro atoms. The summed E-state index contributed by atoms with van der Waals surface area (Å²) in [4.78, 5) is 21.8. The van der Waals surface area contributed by atoms with Gasteiger partial charge in [0.05, 0.1) is 5.69 Å². The maximum Gasteiger partial charge on any atom is 0.214 e. The molecule has 1 amide bonds. The van der Waals surface area contributed by atoms with Crippen LogP contribution in [0.5, 0.6) is 0 Å². The third kappa shape index (κ3) is 6.41. The van der Waals surface area contributed by atoms with E-state index in [9.17, 15) is 4.79 Å². The van der Waals surface area contributed by atoms with Crippen LogP contribution in [0, 0.1) is 0 Å². The molecule has 0 bridgehead atoms. The van der Waals surface area contributed by atoms with Crippen molar-refractivity contribution < 1.29 is 4.79 Å². The number of unbranched alkanes of at least 4 members (excludes halogenated alkanes) is 7. The number of fused-ring (bicyclic) bond motifs is 1. The van der Waals surface area contributed by atoms with E-state index in [1.54, 1.807) is 6.33 Å². The minimum absolute atomic E-state index is 0.766. The number of pyridine rings is 1. The second kappa shape index (κ2) is 11.3. The van der Waals surface area contributed by atoms with Gasteiger partial charge in [0, 0.05) is 31.2 Å². The van der Waals surface area contributed by atoms with Gasteiger partial charge in [-0.2, -0.15) is 0 Å². The molecule has 154 valence electrons. The Bertz CT molecular complexity index is 827. The summed E-state index contributed by atoms with van der Waals surface area (Å²) in [5.74, 6) is 0. The van der Waals surface area contributed by atoms with Gasteiger partial charge >= 0.3 is 0 Å². The van der Waals surface area contributed by atoms with Crippen LogP contribution in [-0.2, 0) is 11.3 Å². The molecule has 0 unspecified atom stereocenters. The zero-order valence-electron chi connectivity index (χ0n) is 17.5.